The smallest absolute Gasteiger partial charge is 0.409 e. The Morgan fingerprint density at radius 2 is 1.77 bits per heavy atom. The van der Waals surface area contributed by atoms with E-state index in [1.54, 1.807) is 25.7 Å². The van der Waals surface area contributed by atoms with E-state index >= 15 is 0 Å². The van der Waals surface area contributed by atoms with Gasteiger partial charge in [0, 0.05) is 25.7 Å². The molecule has 0 bridgehead atoms. The quantitative estimate of drug-likeness (QED) is 0.488. The van der Waals surface area contributed by atoms with Gasteiger partial charge in [-0.2, -0.15) is 0 Å². The second-order valence-corrected chi connectivity index (χ2v) is 7.47. The van der Waals surface area contributed by atoms with Gasteiger partial charge in [-0.1, -0.05) is 0 Å². The number of amides is 3. The van der Waals surface area contributed by atoms with Gasteiger partial charge < -0.3 is 25.2 Å². The van der Waals surface area contributed by atoms with E-state index in [0.717, 1.165) is 13.0 Å². The zero-order valence-corrected chi connectivity index (χ0v) is 16.8. The van der Waals surface area contributed by atoms with Gasteiger partial charge in [0.05, 0.1) is 6.61 Å². The van der Waals surface area contributed by atoms with Gasteiger partial charge in [-0.15, -0.1) is 0 Å². The Morgan fingerprint density at radius 1 is 1.15 bits per heavy atom. The summed E-state index contributed by atoms with van der Waals surface area (Å²) in [6.07, 6.45) is 1.84. The summed E-state index contributed by atoms with van der Waals surface area (Å²) >= 11 is 0. The number of likely N-dealkylation sites (tertiary alicyclic amines) is 1. The van der Waals surface area contributed by atoms with Crippen molar-refractivity contribution in [3.8, 4) is 0 Å². The number of nitrogens with zero attached hydrogens (tertiary/aromatic N) is 2. The number of hydrogen-bond acceptors (Lipinski definition) is 5. The maximum atomic E-state index is 12.5. The lowest BCUT2D eigenvalue weighted by molar-refractivity contribution is -0.141. The average Bonchev–Trinajstić information content (AvgIpc) is 2.59. The molecule has 0 aromatic carbocycles. The SMILES string of the molecule is CCOC(=O)N1CCC(NC(=O)C(C)(C)C(=O)NCCCN(C)C)CC1. The minimum absolute atomic E-state index is 0.0333. The van der Waals surface area contributed by atoms with Gasteiger partial charge in [0.25, 0.3) is 0 Å². The molecule has 0 aliphatic carbocycles. The van der Waals surface area contributed by atoms with Gasteiger partial charge in [-0.25, -0.2) is 4.79 Å². The van der Waals surface area contributed by atoms with Crippen molar-refractivity contribution >= 4 is 17.9 Å². The lowest BCUT2D eigenvalue weighted by atomic mass is 9.90. The Balaban J connectivity index is 2.41. The Hall–Kier alpha value is -1.83. The molecule has 8 nitrogen and oxygen atoms in total. The van der Waals surface area contributed by atoms with E-state index < -0.39 is 5.41 Å². The van der Waals surface area contributed by atoms with E-state index in [4.69, 9.17) is 4.74 Å². The minimum Gasteiger partial charge on any atom is -0.450 e. The molecular formula is C18H34N4O4. The molecule has 1 fully saturated rings. The van der Waals surface area contributed by atoms with E-state index in [1.807, 2.05) is 19.0 Å². The largest absolute Gasteiger partial charge is 0.450 e. The number of rotatable bonds is 8. The third kappa shape index (κ3) is 6.82. The first kappa shape index (κ1) is 22.2. The Kier molecular flexibility index (Phi) is 8.84. The Bertz CT molecular complexity index is 486. The fourth-order valence-corrected chi connectivity index (χ4v) is 2.71. The number of nitrogens with one attached hydrogen (secondary N) is 2. The van der Waals surface area contributed by atoms with E-state index in [1.165, 1.54) is 0 Å². The van der Waals surface area contributed by atoms with Gasteiger partial charge in [-0.3, -0.25) is 9.59 Å². The third-order valence-corrected chi connectivity index (χ3v) is 4.56. The summed E-state index contributed by atoms with van der Waals surface area (Å²) in [6, 6.07) is -0.0333. The fourth-order valence-electron chi connectivity index (χ4n) is 2.71. The van der Waals surface area contributed by atoms with Crippen LogP contribution in [0.15, 0.2) is 0 Å². The topological polar surface area (TPSA) is 91.0 Å². The van der Waals surface area contributed by atoms with Crippen LogP contribution >= 0.6 is 0 Å². The molecule has 3 amide bonds. The van der Waals surface area contributed by atoms with Crippen LogP contribution in [0.1, 0.15) is 40.0 Å². The van der Waals surface area contributed by atoms with Crippen molar-refractivity contribution in [2.75, 3.05) is 46.9 Å². The molecule has 8 heteroatoms. The van der Waals surface area contributed by atoms with Gasteiger partial charge in [0.15, 0.2) is 0 Å². The van der Waals surface area contributed by atoms with E-state index in [9.17, 15) is 14.4 Å². The third-order valence-electron chi connectivity index (χ3n) is 4.56. The monoisotopic (exact) mass is 370 g/mol. The van der Waals surface area contributed by atoms with Crippen molar-refractivity contribution in [2.24, 2.45) is 5.41 Å². The fraction of sp³-hybridized carbons (Fsp3) is 0.833. The van der Waals surface area contributed by atoms with Crippen LogP contribution < -0.4 is 10.6 Å². The summed E-state index contributed by atoms with van der Waals surface area (Å²) < 4.78 is 4.99. The summed E-state index contributed by atoms with van der Waals surface area (Å²) in [5, 5.41) is 5.79. The molecule has 26 heavy (non-hydrogen) atoms. The van der Waals surface area contributed by atoms with Crippen molar-refractivity contribution in [1.82, 2.24) is 20.4 Å². The van der Waals surface area contributed by atoms with Gasteiger partial charge >= 0.3 is 6.09 Å². The van der Waals surface area contributed by atoms with Crippen LogP contribution in [0.2, 0.25) is 0 Å². The first-order chi connectivity index (χ1) is 12.2. The number of carbonyl (C=O) groups is 3. The predicted octanol–water partition coefficient (Wildman–Crippen LogP) is 0.818. The molecule has 1 saturated heterocycles. The molecule has 150 valence electrons. The highest BCUT2D eigenvalue weighted by atomic mass is 16.6. The molecule has 1 heterocycles. The first-order valence-electron chi connectivity index (χ1n) is 9.34. The lowest BCUT2D eigenvalue weighted by Gasteiger charge is -2.33. The summed E-state index contributed by atoms with van der Waals surface area (Å²) in [7, 11) is 3.96. The number of carbonyl (C=O) groups excluding carboxylic acids is 3. The summed E-state index contributed by atoms with van der Waals surface area (Å²) in [6.45, 7) is 7.92. The molecule has 0 atom stereocenters. The Morgan fingerprint density at radius 3 is 2.31 bits per heavy atom. The van der Waals surface area contributed by atoms with Crippen molar-refractivity contribution in [3.63, 3.8) is 0 Å². The second-order valence-electron chi connectivity index (χ2n) is 7.47. The van der Waals surface area contributed by atoms with Gasteiger partial charge in [0.1, 0.15) is 5.41 Å². The molecule has 2 N–H and O–H groups in total. The van der Waals surface area contributed by atoms with Crippen LogP contribution in [0, 0.1) is 5.41 Å². The first-order valence-corrected chi connectivity index (χ1v) is 9.34. The molecule has 0 unspecified atom stereocenters. The van der Waals surface area contributed by atoms with Crippen molar-refractivity contribution in [2.45, 2.75) is 46.1 Å². The normalized spacial score (nSPS) is 15.7. The van der Waals surface area contributed by atoms with Gasteiger partial charge in [0.2, 0.25) is 11.8 Å². The lowest BCUT2D eigenvalue weighted by Crippen LogP contribution is -2.53. The highest BCUT2D eigenvalue weighted by molar-refractivity contribution is 6.04. The second kappa shape index (κ2) is 10.4. The van der Waals surface area contributed by atoms with Crippen LogP contribution in [0.4, 0.5) is 4.79 Å². The number of hydrogen-bond donors (Lipinski definition) is 2. The van der Waals surface area contributed by atoms with Gasteiger partial charge in [-0.05, 0) is 60.7 Å². The van der Waals surface area contributed by atoms with Crippen molar-refractivity contribution in [3.05, 3.63) is 0 Å². The van der Waals surface area contributed by atoms with Crippen LogP contribution in [0.3, 0.4) is 0 Å². The molecule has 0 saturated carbocycles. The molecule has 0 aromatic heterocycles. The Labute approximate surface area is 156 Å². The average molecular weight is 370 g/mol. The van der Waals surface area contributed by atoms with E-state index in [2.05, 4.69) is 10.6 Å². The number of piperidine rings is 1. The molecule has 0 radical (unpaired) electrons. The standard InChI is InChI=1S/C18H34N4O4/c1-6-26-17(25)22-12-8-14(9-13-22)20-16(24)18(2,3)15(23)19-10-7-11-21(4)5/h14H,6-13H2,1-5H3,(H,19,23)(H,20,24). The van der Waals surface area contributed by atoms with E-state index in [0.29, 0.717) is 39.1 Å². The predicted molar refractivity (Wildman–Crippen MR) is 99.7 cm³/mol. The maximum absolute atomic E-state index is 12.5. The molecule has 1 aliphatic heterocycles. The highest BCUT2D eigenvalue weighted by Gasteiger charge is 2.37. The van der Waals surface area contributed by atoms with Crippen LogP contribution in [0.5, 0.6) is 0 Å². The molecule has 1 aliphatic rings. The molecular weight excluding hydrogens is 336 g/mol. The highest BCUT2D eigenvalue weighted by Crippen LogP contribution is 2.18. The number of ether oxygens (including phenoxy) is 1. The van der Waals surface area contributed by atoms with E-state index in [-0.39, 0.29) is 23.9 Å². The zero-order valence-electron chi connectivity index (χ0n) is 16.8. The summed E-state index contributed by atoms with van der Waals surface area (Å²) in [4.78, 5) is 40.3. The molecule has 1 rings (SSSR count). The van der Waals surface area contributed by atoms with Crippen LogP contribution in [-0.4, -0.2) is 80.6 Å². The zero-order chi connectivity index (χ0) is 19.7. The molecule has 0 spiro atoms. The molecule has 0 aromatic rings. The van der Waals surface area contributed by atoms with Crippen molar-refractivity contribution in [1.29, 1.82) is 0 Å². The minimum atomic E-state index is -1.13. The van der Waals surface area contributed by atoms with Crippen LogP contribution in [0.25, 0.3) is 0 Å². The summed E-state index contributed by atoms with van der Waals surface area (Å²) in [5.41, 5.74) is -1.13. The summed E-state index contributed by atoms with van der Waals surface area (Å²) in [5.74, 6) is -0.546. The van der Waals surface area contributed by atoms with Crippen LogP contribution in [-0.2, 0) is 14.3 Å². The van der Waals surface area contributed by atoms with Crippen molar-refractivity contribution < 1.29 is 19.1 Å². The maximum Gasteiger partial charge on any atom is 0.409 e.